The van der Waals surface area contributed by atoms with Gasteiger partial charge in [-0.15, -0.1) is 6.58 Å². The first-order valence-corrected chi connectivity index (χ1v) is 17.7. The van der Waals surface area contributed by atoms with E-state index >= 15 is 0 Å². The smallest absolute Gasteiger partial charge is 0.0627 e. The van der Waals surface area contributed by atoms with Crippen LogP contribution in [0.15, 0.2) is 12.7 Å². The van der Waals surface area contributed by atoms with Gasteiger partial charge < -0.3 is 25.2 Å². The van der Waals surface area contributed by atoms with Gasteiger partial charge in [0.25, 0.3) is 0 Å². The second-order valence-electron chi connectivity index (χ2n) is 8.40. The molecule has 0 unspecified atom stereocenters. The van der Waals surface area contributed by atoms with Crippen LogP contribution in [0, 0.1) is 5.41 Å². The van der Waals surface area contributed by atoms with E-state index in [1.807, 2.05) is 6.08 Å². The molecular formula is C25H52O7Sn. The fraction of sp³-hybridized carbons (Fsp3) is 0.880. The van der Waals surface area contributed by atoms with Crippen LogP contribution < -0.4 is 0 Å². The van der Waals surface area contributed by atoms with Crippen molar-refractivity contribution in [2.24, 2.45) is 5.41 Å². The van der Waals surface area contributed by atoms with Crippen molar-refractivity contribution in [2.75, 3.05) is 33.5 Å². The maximum atomic E-state index is 11.2. The molecule has 0 atom stereocenters. The Hall–Kier alpha value is -0.351. The molecule has 0 heterocycles. The third-order valence-electron chi connectivity index (χ3n) is 5.23. The van der Waals surface area contributed by atoms with Crippen molar-refractivity contribution in [3.8, 4) is 0 Å². The Bertz CT molecular complexity index is 413. The van der Waals surface area contributed by atoms with Crippen molar-refractivity contribution in [3.63, 3.8) is 0 Å². The molecule has 4 N–H and O–H groups in total. The Labute approximate surface area is 209 Å². The molecule has 7 nitrogen and oxygen atoms in total. The molecule has 8 heteroatoms. The normalized spacial score (nSPS) is 10.4. The predicted octanol–water partition coefficient (Wildman–Crippen LogP) is 4.42. The minimum Gasteiger partial charge on any atom is -0.396 e. The van der Waals surface area contributed by atoms with E-state index < -0.39 is 51.6 Å². The number of rotatable bonds is 19. The second-order valence-corrected chi connectivity index (χ2v) is 14.3. The Morgan fingerprint density at radius 2 is 1.24 bits per heavy atom. The van der Waals surface area contributed by atoms with Gasteiger partial charge in [0.2, 0.25) is 0 Å². The topological polar surface area (TPSA) is 124 Å². The van der Waals surface area contributed by atoms with Gasteiger partial charge >= 0.3 is 77.2 Å². The third-order valence-corrected chi connectivity index (χ3v) is 10.4. The van der Waals surface area contributed by atoms with E-state index in [1.54, 1.807) is 0 Å². The van der Waals surface area contributed by atoms with Gasteiger partial charge in [0.15, 0.2) is 0 Å². The van der Waals surface area contributed by atoms with Crippen LogP contribution in [0.4, 0.5) is 0 Å². The van der Waals surface area contributed by atoms with E-state index in [0.717, 1.165) is 28.1 Å². The summed E-state index contributed by atoms with van der Waals surface area (Å²) in [7, 11) is 1.44. The molecule has 0 aromatic carbocycles. The van der Waals surface area contributed by atoms with Crippen LogP contribution in [0.2, 0.25) is 8.87 Å². The summed E-state index contributed by atoms with van der Waals surface area (Å²) in [4.78, 5) is 10.8. The van der Waals surface area contributed by atoms with Crippen molar-refractivity contribution < 1.29 is 33.0 Å². The molecule has 0 aromatic heterocycles. The minimum absolute atomic E-state index is 0.0864. The van der Waals surface area contributed by atoms with Gasteiger partial charge in [-0.3, -0.25) is 4.79 Å². The summed E-state index contributed by atoms with van der Waals surface area (Å²) in [5.74, 6) is -0.0864. The molecule has 0 fully saturated rings. The van der Waals surface area contributed by atoms with E-state index in [1.165, 1.54) is 58.5 Å². The number of aliphatic hydroxyl groups is 4. The summed E-state index contributed by atoms with van der Waals surface area (Å²) in [6, 6.07) is 0. The Morgan fingerprint density at radius 1 is 0.818 bits per heavy atom. The standard InChI is InChI=1S/C12H22O2.C5H12O4.2C4H9.O.Sn/c1-3-4-5-6-7-8-9-10-11-12(13)14-2;6-1-5(2-7,3-8)4-9;2*1-3-4-2;;/h3H,1,4-11H2,2H3;6-9H,1-4H2;2*1,3-4H2,2H3;;. The SMILES string of the molecule is C=CCCCCCCCCC(=O)OC.CCC[CH2][Sn](=[O])[CH2]CCC.OCC(CO)(CO)CO. The zero-order chi connectivity index (χ0) is 25.8. The zero-order valence-electron chi connectivity index (χ0n) is 21.5. The maximum Gasteiger partial charge on any atom is 0.0627 e. The number of carbonyl (C=O) groups is 1. The maximum absolute atomic E-state index is 11.2. The van der Waals surface area contributed by atoms with Crippen molar-refractivity contribution in [1.29, 1.82) is 0 Å². The van der Waals surface area contributed by atoms with E-state index in [4.69, 9.17) is 20.4 Å². The summed E-state index contributed by atoms with van der Waals surface area (Å²) in [6.07, 6.45) is 15.6. The first-order valence-electron chi connectivity index (χ1n) is 12.5. The molecule has 0 spiro atoms. The van der Waals surface area contributed by atoms with Crippen LogP contribution in [-0.2, 0) is 12.6 Å². The summed E-state index contributed by atoms with van der Waals surface area (Å²) >= 11 is -1.99. The molecule has 0 saturated heterocycles. The molecule has 0 aliphatic rings. The van der Waals surface area contributed by atoms with Crippen molar-refractivity contribution >= 4 is 25.7 Å². The van der Waals surface area contributed by atoms with E-state index in [0.29, 0.717) is 6.42 Å². The summed E-state index contributed by atoms with van der Waals surface area (Å²) in [6.45, 7) is 6.39. The fourth-order valence-corrected chi connectivity index (χ4v) is 7.52. The largest absolute Gasteiger partial charge is 0.396 e. The van der Waals surface area contributed by atoms with Gasteiger partial charge in [0, 0.05) is 6.42 Å². The molecule has 0 aromatic rings. The Morgan fingerprint density at radius 3 is 1.58 bits per heavy atom. The molecule has 0 rings (SSSR count). The van der Waals surface area contributed by atoms with Gasteiger partial charge in [-0.05, 0) is 19.3 Å². The molecule has 0 aliphatic heterocycles. The van der Waals surface area contributed by atoms with Gasteiger partial charge in [-0.25, -0.2) is 0 Å². The minimum atomic E-state index is -1.99. The molecule has 0 bridgehead atoms. The number of hydrogen-bond donors (Lipinski definition) is 4. The van der Waals surface area contributed by atoms with Gasteiger partial charge in [0.05, 0.1) is 39.0 Å². The average Bonchev–Trinajstić information content (AvgIpc) is 2.85. The first-order chi connectivity index (χ1) is 15.9. The summed E-state index contributed by atoms with van der Waals surface area (Å²) in [5.41, 5.74) is -1.11. The number of esters is 1. The first kappa shape index (κ1) is 37.2. The number of ether oxygens (including phenoxy) is 1. The van der Waals surface area contributed by atoms with Crippen LogP contribution in [0.5, 0.6) is 0 Å². The Balaban J connectivity index is -0.000000423. The summed E-state index contributed by atoms with van der Waals surface area (Å²) in [5, 5.41) is 34.0. The predicted molar refractivity (Wildman–Crippen MR) is 136 cm³/mol. The average molecular weight is 583 g/mol. The molecule has 198 valence electrons. The van der Waals surface area contributed by atoms with Crippen molar-refractivity contribution in [1.82, 2.24) is 0 Å². The van der Waals surface area contributed by atoms with Crippen LogP contribution >= 0.6 is 0 Å². The molecule has 33 heavy (non-hydrogen) atoms. The fourth-order valence-electron chi connectivity index (χ4n) is 2.54. The number of aliphatic hydroxyl groups excluding tert-OH is 4. The molecule has 0 radical (unpaired) electrons. The van der Waals surface area contributed by atoms with Crippen molar-refractivity contribution in [3.05, 3.63) is 12.7 Å². The van der Waals surface area contributed by atoms with Crippen LogP contribution in [0.25, 0.3) is 0 Å². The quantitative estimate of drug-likeness (QED) is 0.0769. The Kier molecular flexibility index (Phi) is 33.5. The van der Waals surface area contributed by atoms with Gasteiger partial charge in [-0.2, -0.15) is 0 Å². The van der Waals surface area contributed by atoms with E-state index in [2.05, 4.69) is 25.2 Å². The number of methoxy groups -OCH3 is 1. The van der Waals surface area contributed by atoms with Gasteiger partial charge in [0.1, 0.15) is 0 Å². The van der Waals surface area contributed by atoms with Gasteiger partial charge in [-0.1, -0.05) is 31.8 Å². The number of hydrogen-bond acceptors (Lipinski definition) is 7. The van der Waals surface area contributed by atoms with E-state index in [9.17, 15) is 7.87 Å². The molecule has 0 saturated carbocycles. The monoisotopic (exact) mass is 584 g/mol. The zero-order valence-corrected chi connectivity index (χ0v) is 24.4. The number of unbranched alkanes of at least 4 members (excludes halogenated alkanes) is 8. The van der Waals surface area contributed by atoms with E-state index in [-0.39, 0.29) is 5.97 Å². The molecule has 0 aliphatic carbocycles. The van der Waals surface area contributed by atoms with Crippen LogP contribution in [-0.4, -0.2) is 79.7 Å². The number of allylic oxidation sites excluding steroid dienone is 1. The number of carbonyl (C=O) groups excluding carboxylic acids is 1. The summed E-state index contributed by atoms with van der Waals surface area (Å²) < 4.78 is 18.0. The molecule has 0 amide bonds. The second kappa shape index (κ2) is 29.7. The van der Waals surface area contributed by atoms with Crippen molar-refractivity contribution in [2.45, 2.75) is 99.8 Å². The third kappa shape index (κ3) is 27.8. The van der Waals surface area contributed by atoms with Crippen LogP contribution in [0.3, 0.4) is 0 Å². The van der Waals surface area contributed by atoms with Crippen LogP contribution in [0.1, 0.15) is 90.9 Å². The molecular weight excluding hydrogens is 531 g/mol.